The van der Waals surface area contributed by atoms with Gasteiger partial charge in [0.1, 0.15) is 11.5 Å². The minimum atomic E-state index is -1.10. The Morgan fingerprint density at radius 1 is 1.06 bits per heavy atom. The Morgan fingerprint density at radius 2 is 1.85 bits per heavy atom. The number of carboxylic acid groups (broad SMARTS) is 1. The highest BCUT2D eigenvalue weighted by Crippen LogP contribution is 2.22. The summed E-state index contributed by atoms with van der Waals surface area (Å²) in [5.74, 6) is -2.29. The SMILES string of the molecule is O=C(O)CC(NC(=O)c1cc(=O)n(-c2cccc(F)c2)[nH]1)c1ccc(-c2ccccn2)cc1. The molecule has 166 valence electrons. The highest BCUT2D eigenvalue weighted by molar-refractivity contribution is 5.92. The third-order valence-corrected chi connectivity index (χ3v) is 4.99. The fourth-order valence-corrected chi connectivity index (χ4v) is 3.40. The molecule has 0 radical (unpaired) electrons. The Kier molecular flexibility index (Phi) is 6.12. The number of nitrogens with one attached hydrogen (secondary N) is 2. The van der Waals surface area contributed by atoms with Crippen molar-refractivity contribution in [3.8, 4) is 16.9 Å². The highest BCUT2D eigenvalue weighted by atomic mass is 19.1. The topological polar surface area (TPSA) is 117 Å². The van der Waals surface area contributed by atoms with E-state index in [9.17, 15) is 23.9 Å². The van der Waals surface area contributed by atoms with Crippen LogP contribution < -0.4 is 10.9 Å². The second-order valence-electron chi connectivity index (χ2n) is 7.28. The predicted octanol–water partition coefficient (Wildman–Crippen LogP) is 3.31. The van der Waals surface area contributed by atoms with E-state index < -0.39 is 29.3 Å². The Bertz CT molecular complexity index is 1350. The first-order valence-electron chi connectivity index (χ1n) is 10.0. The van der Waals surface area contributed by atoms with Crippen molar-refractivity contribution in [2.45, 2.75) is 12.5 Å². The molecule has 8 nitrogen and oxygen atoms in total. The van der Waals surface area contributed by atoms with Crippen molar-refractivity contribution < 1.29 is 19.1 Å². The molecule has 0 aliphatic heterocycles. The minimum Gasteiger partial charge on any atom is -0.481 e. The van der Waals surface area contributed by atoms with Gasteiger partial charge in [-0.1, -0.05) is 36.4 Å². The number of rotatable bonds is 7. The van der Waals surface area contributed by atoms with Crippen LogP contribution in [0.3, 0.4) is 0 Å². The van der Waals surface area contributed by atoms with Gasteiger partial charge in [-0.2, -0.15) is 0 Å². The molecule has 0 saturated carbocycles. The fraction of sp³-hybridized carbons (Fsp3) is 0.0833. The van der Waals surface area contributed by atoms with E-state index in [1.165, 1.54) is 18.2 Å². The van der Waals surface area contributed by atoms with Crippen molar-refractivity contribution in [2.24, 2.45) is 0 Å². The standard InChI is InChI=1S/C24H19FN4O4/c25-17-4-3-5-18(12-17)29-22(30)13-21(28-29)24(33)27-20(14-23(31)32)16-9-7-15(8-10-16)19-6-1-2-11-26-19/h1-13,20,28H,14H2,(H,27,33)(H,31,32). The van der Waals surface area contributed by atoms with Crippen molar-refractivity contribution in [3.05, 3.63) is 106 Å². The van der Waals surface area contributed by atoms with Crippen LogP contribution in [-0.2, 0) is 4.79 Å². The van der Waals surface area contributed by atoms with Crippen LogP contribution in [-0.4, -0.2) is 31.7 Å². The number of carboxylic acids is 1. The van der Waals surface area contributed by atoms with E-state index in [0.717, 1.165) is 28.1 Å². The number of hydrogen-bond acceptors (Lipinski definition) is 4. The van der Waals surface area contributed by atoms with Crippen molar-refractivity contribution in [3.63, 3.8) is 0 Å². The Hall–Kier alpha value is -4.53. The number of H-pyrrole nitrogens is 1. The lowest BCUT2D eigenvalue weighted by Gasteiger charge is -2.17. The van der Waals surface area contributed by atoms with Gasteiger partial charge in [-0.3, -0.25) is 24.5 Å². The van der Waals surface area contributed by atoms with Crippen LogP contribution in [0.25, 0.3) is 16.9 Å². The van der Waals surface area contributed by atoms with Crippen LogP contribution in [0.1, 0.15) is 28.5 Å². The van der Waals surface area contributed by atoms with Crippen LogP contribution in [0.4, 0.5) is 4.39 Å². The van der Waals surface area contributed by atoms with Crippen molar-refractivity contribution in [1.29, 1.82) is 0 Å². The van der Waals surface area contributed by atoms with Crippen LogP contribution in [0.15, 0.2) is 83.8 Å². The van der Waals surface area contributed by atoms with Crippen LogP contribution >= 0.6 is 0 Å². The molecule has 0 fully saturated rings. The molecule has 2 aromatic carbocycles. The van der Waals surface area contributed by atoms with Gasteiger partial charge in [-0.05, 0) is 35.9 Å². The number of aromatic nitrogens is 3. The highest BCUT2D eigenvalue weighted by Gasteiger charge is 2.21. The summed E-state index contributed by atoms with van der Waals surface area (Å²) in [6, 6.07) is 18.1. The van der Waals surface area contributed by atoms with Gasteiger partial charge in [0.05, 0.1) is 23.8 Å². The molecule has 0 aliphatic carbocycles. The zero-order valence-corrected chi connectivity index (χ0v) is 17.2. The second kappa shape index (κ2) is 9.31. The predicted molar refractivity (Wildman–Crippen MR) is 118 cm³/mol. The molecule has 0 bridgehead atoms. The number of amides is 1. The molecular weight excluding hydrogens is 427 g/mol. The maximum absolute atomic E-state index is 13.5. The number of hydrogen-bond donors (Lipinski definition) is 3. The summed E-state index contributed by atoms with van der Waals surface area (Å²) in [5.41, 5.74) is 1.78. The number of carbonyl (C=O) groups excluding carboxylic acids is 1. The maximum Gasteiger partial charge on any atom is 0.305 e. The largest absolute Gasteiger partial charge is 0.481 e. The van der Waals surface area contributed by atoms with Gasteiger partial charge in [0, 0.05) is 17.8 Å². The number of carbonyl (C=O) groups is 2. The maximum atomic E-state index is 13.5. The van der Waals surface area contributed by atoms with Crippen molar-refractivity contribution in [2.75, 3.05) is 0 Å². The average Bonchev–Trinajstić information content (AvgIpc) is 3.21. The molecule has 9 heteroatoms. The van der Waals surface area contributed by atoms with E-state index in [0.29, 0.717) is 5.56 Å². The summed E-state index contributed by atoms with van der Waals surface area (Å²) in [7, 11) is 0. The number of benzene rings is 2. The Balaban J connectivity index is 1.57. The number of aromatic amines is 1. The number of halogens is 1. The molecule has 33 heavy (non-hydrogen) atoms. The quantitative estimate of drug-likeness (QED) is 0.403. The van der Waals surface area contributed by atoms with Gasteiger partial charge >= 0.3 is 5.97 Å². The lowest BCUT2D eigenvalue weighted by atomic mass is 10.0. The third-order valence-electron chi connectivity index (χ3n) is 4.99. The van der Waals surface area contributed by atoms with Crippen LogP contribution in [0, 0.1) is 5.82 Å². The monoisotopic (exact) mass is 446 g/mol. The zero-order chi connectivity index (χ0) is 23.4. The average molecular weight is 446 g/mol. The first-order chi connectivity index (χ1) is 15.9. The summed E-state index contributed by atoms with van der Waals surface area (Å²) in [4.78, 5) is 40.8. The van der Waals surface area contributed by atoms with Crippen LogP contribution in [0.2, 0.25) is 0 Å². The smallest absolute Gasteiger partial charge is 0.305 e. The summed E-state index contributed by atoms with van der Waals surface area (Å²) < 4.78 is 14.5. The number of aliphatic carboxylic acids is 1. The van der Waals surface area contributed by atoms with E-state index in [2.05, 4.69) is 15.4 Å². The number of pyridine rings is 1. The summed E-state index contributed by atoms with van der Waals surface area (Å²) in [5, 5.41) is 14.6. The van der Waals surface area contributed by atoms with Gasteiger partial charge in [0.2, 0.25) is 0 Å². The van der Waals surface area contributed by atoms with Crippen molar-refractivity contribution in [1.82, 2.24) is 20.1 Å². The minimum absolute atomic E-state index is 0.0789. The molecule has 4 aromatic rings. The zero-order valence-electron chi connectivity index (χ0n) is 17.2. The van der Waals surface area contributed by atoms with Gasteiger partial charge < -0.3 is 10.4 Å². The summed E-state index contributed by atoms with van der Waals surface area (Å²) >= 11 is 0. The van der Waals surface area contributed by atoms with Gasteiger partial charge in [0.25, 0.3) is 11.5 Å². The molecule has 2 aromatic heterocycles. The third kappa shape index (κ3) is 5.04. The molecule has 0 spiro atoms. The van der Waals surface area contributed by atoms with Crippen LogP contribution in [0.5, 0.6) is 0 Å². The normalized spacial score (nSPS) is 11.7. The molecule has 1 unspecified atom stereocenters. The van der Waals surface area contributed by atoms with E-state index in [4.69, 9.17) is 0 Å². The van der Waals surface area contributed by atoms with E-state index in [1.807, 2.05) is 18.2 Å². The van der Waals surface area contributed by atoms with E-state index >= 15 is 0 Å². The summed E-state index contributed by atoms with van der Waals surface area (Å²) in [6.45, 7) is 0. The van der Waals surface area contributed by atoms with E-state index in [-0.39, 0.29) is 17.8 Å². The fourth-order valence-electron chi connectivity index (χ4n) is 3.40. The second-order valence-corrected chi connectivity index (χ2v) is 7.28. The molecule has 2 heterocycles. The Labute approximate surface area is 187 Å². The number of nitrogens with zero attached hydrogens (tertiary/aromatic N) is 2. The first-order valence-corrected chi connectivity index (χ1v) is 10.0. The Morgan fingerprint density at radius 3 is 2.52 bits per heavy atom. The first kappa shape index (κ1) is 21.7. The summed E-state index contributed by atoms with van der Waals surface area (Å²) in [6.07, 6.45) is 1.32. The van der Waals surface area contributed by atoms with E-state index in [1.54, 1.807) is 30.5 Å². The molecular formula is C24H19FN4O4. The van der Waals surface area contributed by atoms with Gasteiger partial charge in [0.15, 0.2) is 0 Å². The molecule has 3 N–H and O–H groups in total. The molecule has 0 saturated heterocycles. The molecule has 1 amide bonds. The molecule has 0 aliphatic rings. The molecule has 1 atom stereocenters. The van der Waals surface area contributed by atoms with Gasteiger partial charge in [-0.15, -0.1) is 0 Å². The molecule has 4 rings (SSSR count). The lowest BCUT2D eigenvalue weighted by Crippen LogP contribution is -2.30. The lowest BCUT2D eigenvalue weighted by molar-refractivity contribution is -0.137. The van der Waals surface area contributed by atoms with Gasteiger partial charge in [-0.25, -0.2) is 9.07 Å². The van der Waals surface area contributed by atoms with Crippen molar-refractivity contribution >= 4 is 11.9 Å².